The number of rotatable bonds is 5. The van der Waals surface area contributed by atoms with Gasteiger partial charge in [0.25, 0.3) is 5.91 Å². The number of esters is 1. The average Bonchev–Trinajstić information content (AvgIpc) is 3.29. The molecular weight excluding hydrogens is 380 g/mol. The first-order chi connectivity index (χ1) is 14.5. The predicted molar refractivity (Wildman–Crippen MR) is 115 cm³/mol. The van der Waals surface area contributed by atoms with Crippen molar-refractivity contribution in [3.63, 3.8) is 0 Å². The van der Waals surface area contributed by atoms with E-state index in [4.69, 9.17) is 9.72 Å². The number of nitrogens with one attached hydrogen (secondary N) is 2. The summed E-state index contributed by atoms with van der Waals surface area (Å²) >= 11 is 0. The Morgan fingerprint density at radius 3 is 2.67 bits per heavy atom. The van der Waals surface area contributed by atoms with Crippen LogP contribution in [0, 0.1) is 13.8 Å². The van der Waals surface area contributed by atoms with E-state index in [9.17, 15) is 9.59 Å². The normalized spacial score (nSPS) is 13.0. The van der Waals surface area contributed by atoms with Crippen molar-refractivity contribution in [2.45, 2.75) is 46.6 Å². The lowest BCUT2D eigenvalue weighted by molar-refractivity contribution is 0.0525. The lowest BCUT2D eigenvalue weighted by Gasteiger charge is -2.11. The molecule has 0 spiro atoms. The van der Waals surface area contributed by atoms with Crippen molar-refractivity contribution in [3.8, 4) is 11.3 Å². The van der Waals surface area contributed by atoms with Crippen molar-refractivity contribution in [1.82, 2.24) is 14.5 Å². The van der Waals surface area contributed by atoms with Crippen molar-refractivity contribution >= 4 is 17.6 Å². The number of imidazole rings is 1. The van der Waals surface area contributed by atoms with Crippen LogP contribution in [-0.4, -0.2) is 33.0 Å². The number of nitrogens with zero attached hydrogens (tertiary/aromatic N) is 2. The second kappa shape index (κ2) is 8.18. The Morgan fingerprint density at radius 1 is 1.20 bits per heavy atom. The SMILES string of the molecule is CCOC(=O)c1c(C)[nH]c(C(=O)Nc2ccc(-c3cn4c(n3)CCCC4)cc2)c1C. The number of aromatic amines is 1. The van der Waals surface area contributed by atoms with Gasteiger partial charge < -0.3 is 19.6 Å². The Bertz CT molecular complexity index is 1070. The Hall–Kier alpha value is -3.35. The number of hydrogen-bond donors (Lipinski definition) is 2. The zero-order valence-corrected chi connectivity index (χ0v) is 17.5. The number of hydrogen-bond acceptors (Lipinski definition) is 4. The summed E-state index contributed by atoms with van der Waals surface area (Å²) in [6.07, 6.45) is 5.52. The molecule has 0 aliphatic carbocycles. The summed E-state index contributed by atoms with van der Waals surface area (Å²) in [5, 5.41) is 2.89. The van der Waals surface area contributed by atoms with Gasteiger partial charge >= 0.3 is 5.97 Å². The van der Waals surface area contributed by atoms with Gasteiger partial charge in [-0.1, -0.05) is 12.1 Å². The van der Waals surface area contributed by atoms with Crippen LogP contribution < -0.4 is 5.32 Å². The first kappa shape index (κ1) is 19.9. The van der Waals surface area contributed by atoms with Gasteiger partial charge in [-0.05, 0) is 51.3 Å². The molecule has 156 valence electrons. The number of ether oxygens (including phenoxy) is 1. The van der Waals surface area contributed by atoms with Crippen LogP contribution in [0.25, 0.3) is 11.3 Å². The maximum Gasteiger partial charge on any atom is 0.340 e. The fourth-order valence-corrected chi connectivity index (χ4v) is 3.96. The Balaban J connectivity index is 1.50. The highest BCUT2D eigenvalue weighted by atomic mass is 16.5. The van der Waals surface area contributed by atoms with Gasteiger partial charge in [0.2, 0.25) is 0 Å². The lowest BCUT2D eigenvalue weighted by Crippen LogP contribution is -2.14. The lowest BCUT2D eigenvalue weighted by atomic mass is 10.1. The number of carbonyl (C=O) groups is 2. The van der Waals surface area contributed by atoms with Gasteiger partial charge in [0, 0.05) is 36.1 Å². The third kappa shape index (κ3) is 3.75. The molecule has 3 aromatic rings. The standard InChI is InChI=1S/C23H26N4O3/c1-4-30-23(29)20-14(2)21(24-15(20)3)22(28)25-17-10-8-16(9-11-17)18-13-27-12-6-5-7-19(27)26-18/h8-11,13,24H,4-7,12H2,1-3H3,(H,25,28). The maximum atomic E-state index is 12.8. The molecule has 30 heavy (non-hydrogen) atoms. The third-order valence-electron chi connectivity index (χ3n) is 5.49. The van der Waals surface area contributed by atoms with E-state index in [-0.39, 0.29) is 12.5 Å². The van der Waals surface area contributed by atoms with Crippen molar-refractivity contribution in [3.05, 3.63) is 58.8 Å². The molecule has 7 heteroatoms. The topological polar surface area (TPSA) is 89.0 Å². The van der Waals surface area contributed by atoms with E-state index in [0.29, 0.717) is 28.2 Å². The molecule has 2 aromatic heterocycles. The highest BCUT2D eigenvalue weighted by molar-refractivity contribution is 6.06. The molecule has 0 radical (unpaired) electrons. The Morgan fingerprint density at radius 2 is 1.97 bits per heavy atom. The minimum absolute atomic E-state index is 0.288. The van der Waals surface area contributed by atoms with Gasteiger partial charge in [0.05, 0.1) is 17.9 Å². The van der Waals surface area contributed by atoms with Crippen LogP contribution >= 0.6 is 0 Å². The minimum atomic E-state index is -0.421. The molecular formula is C23H26N4O3. The van der Waals surface area contributed by atoms with E-state index in [0.717, 1.165) is 30.0 Å². The van der Waals surface area contributed by atoms with E-state index in [1.54, 1.807) is 20.8 Å². The molecule has 1 aliphatic rings. The quantitative estimate of drug-likeness (QED) is 0.620. The molecule has 0 saturated carbocycles. The third-order valence-corrected chi connectivity index (χ3v) is 5.49. The molecule has 4 rings (SSSR count). The molecule has 3 heterocycles. The number of anilines is 1. The molecule has 2 N–H and O–H groups in total. The zero-order valence-electron chi connectivity index (χ0n) is 17.5. The predicted octanol–water partition coefficient (Wildman–Crippen LogP) is 4.26. The van der Waals surface area contributed by atoms with Crippen LogP contribution in [0.15, 0.2) is 30.5 Å². The number of benzene rings is 1. The number of aromatic nitrogens is 3. The number of carbonyl (C=O) groups excluding carboxylic acids is 2. The van der Waals surface area contributed by atoms with Gasteiger partial charge in [-0.15, -0.1) is 0 Å². The molecule has 7 nitrogen and oxygen atoms in total. The van der Waals surface area contributed by atoms with E-state index >= 15 is 0 Å². The van der Waals surface area contributed by atoms with Crippen molar-refractivity contribution in [2.24, 2.45) is 0 Å². The van der Waals surface area contributed by atoms with E-state index < -0.39 is 5.97 Å². The number of fused-ring (bicyclic) bond motifs is 1. The van der Waals surface area contributed by atoms with Crippen LogP contribution in [0.4, 0.5) is 5.69 Å². The molecule has 0 unspecified atom stereocenters. The van der Waals surface area contributed by atoms with Crippen LogP contribution in [0.2, 0.25) is 0 Å². The average molecular weight is 406 g/mol. The molecule has 0 bridgehead atoms. The van der Waals surface area contributed by atoms with E-state index in [1.165, 1.54) is 12.8 Å². The largest absolute Gasteiger partial charge is 0.462 e. The summed E-state index contributed by atoms with van der Waals surface area (Å²) in [4.78, 5) is 32.7. The smallest absolute Gasteiger partial charge is 0.340 e. The first-order valence-electron chi connectivity index (χ1n) is 10.3. The fourth-order valence-electron chi connectivity index (χ4n) is 3.96. The summed E-state index contributed by atoms with van der Waals surface area (Å²) in [6, 6.07) is 7.65. The number of H-pyrrole nitrogens is 1. The van der Waals surface area contributed by atoms with Gasteiger partial charge in [0.1, 0.15) is 11.5 Å². The van der Waals surface area contributed by atoms with Gasteiger partial charge in [-0.3, -0.25) is 4.79 Å². The highest BCUT2D eigenvalue weighted by Gasteiger charge is 2.23. The molecule has 1 amide bonds. The molecule has 1 aliphatic heterocycles. The second-order valence-electron chi connectivity index (χ2n) is 7.57. The number of amides is 1. The minimum Gasteiger partial charge on any atom is -0.462 e. The summed E-state index contributed by atoms with van der Waals surface area (Å²) in [7, 11) is 0. The van der Waals surface area contributed by atoms with Crippen LogP contribution in [0.5, 0.6) is 0 Å². The summed E-state index contributed by atoms with van der Waals surface area (Å²) in [5.41, 5.74) is 4.64. The highest BCUT2D eigenvalue weighted by Crippen LogP contribution is 2.25. The van der Waals surface area contributed by atoms with E-state index in [2.05, 4.69) is 21.1 Å². The van der Waals surface area contributed by atoms with Gasteiger partial charge in [0.15, 0.2) is 0 Å². The Kier molecular flexibility index (Phi) is 5.44. The monoisotopic (exact) mass is 406 g/mol. The van der Waals surface area contributed by atoms with Crippen LogP contribution in [-0.2, 0) is 17.7 Å². The summed E-state index contributed by atoms with van der Waals surface area (Å²) in [6.45, 7) is 6.57. The molecule has 0 atom stereocenters. The van der Waals surface area contributed by atoms with Crippen molar-refractivity contribution in [2.75, 3.05) is 11.9 Å². The second-order valence-corrected chi connectivity index (χ2v) is 7.57. The van der Waals surface area contributed by atoms with Crippen LogP contribution in [0.3, 0.4) is 0 Å². The van der Waals surface area contributed by atoms with Crippen molar-refractivity contribution < 1.29 is 14.3 Å². The maximum absolute atomic E-state index is 12.8. The molecule has 1 aromatic carbocycles. The summed E-state index contributed by atoms with van der Waals surface area (Å²) in [5.74, 6) is 0.426. The Labute approximate surface area is 175 Å². The molecule has 0 fully saturated rings. The van der Waals surface area contributed by atoms with Gasteiger partial charge in [-0.2, -0.15) is 0 Å². The zero-order chi connectivity index (χ0) is 21.3. The number of aryl methyl sites for hydroxylation is 3. The molecule has 0 saturated heterocycles. The van der Waals surface area contributed by atoms with Gasteiger partial charge in [-0.25, -0.2) is 9.78 Å². The van der Waals surface area contributed by atoms with Crippen molar-refractivity contribution in [1.29, 1.82) is 0 Å². The first-order valence-corrected chi connectivity index (χ1v) is 10.3. The van der Waals surface area contributed by atoms with Crippen LogP contribution in [0.1, 0.15) is 57.7 Å². The van der Waals surface area contributed by atoms with E-state index in [1.807, 2.05) is 24.3 Å². The fraction of sp³-hybridized carbons (Fsp3) is 0.348. The summed E-state index contributed by atoms with van der Waals surface area (Å²) < 4.78 is 7.32.